The summed E-state index contributed by atoms with van der Waals surface area (Å²) in [5, 5.41) is 105. The zero-order valence-electron chi connectivity index (χ0n) is 27.8. The van der Waals surface area contributed by atoms with Crippen molar-refractivity contribution in [1.82, 2.24) is 0 Å². The number of hydrogen-bond donors (Lipinski definition) is 10. The third-order valence-electron chi connectivity index (χ3n) is 8.17. The van der Waals surface area contributed by atoms with Crippen LogP contribution in [0.4, 0.5) is 0 Å². The standard InChI is InChI=1S/C35H58O12/c1-4-5-11-16-29(41)32-30(42)20-26(38)18-24(36)17-25(37)19-27(39)21-31(43)34(45)33(44)22(2)14-12-9-7-6-8-10-13-15-28(40)23(3)47-35(32)46/h6-10,12-15,23-34,36-45H,4-5,11,16-21H2,1-3H3/b7-6+,10-8+,12-9+,15-13+,22-14+/t23-,24+,25-,26+,27-,28+,29+,30+,31-,32-,33-,34-/m1/s1. The average molecular weight is 671 g/mol. The first-order valence-corrected chi connectivity index (χ1v) is 16.5. The molecule has 0 unspecified atom stereocenters. The molecule has 12 heteroatoms. The van der Waals surface area contributed by atoms with E-state index in [0.29, 0.717) is 12.0 Å². The molecule has 1 heterocycles. The molecule has 0 fully saturated rings. The van der Waals surface area contributed by atoms with Gasteiger partial charge in [0.2, 0.25) is 0 Å². The van der Waals surface area contributed by atoms with Crippen LogP contribution >= 0.6 is 0 Å². The van der Waals surface area contributed by atoms with E-state index in [1.165, 1.54) is 13.0 Å². The van der Waals surface area contributed by atoms with E-state index in [0.717, 1.165) is 12.8 Å². The number of carbonyl (C=O) groups is 1. The lowest BCUT2D eigenvalue weighted by molar-refractivity contribution is -0.168. The molecule has 0 bridgehead atoms. The number of aliphatic hydroxyl groups is 10. The van der Waals surface area contributed by atoms with Gasteiger partial charge in [-0.25, -0.2) is 0 Å². The van der Waals surface area contributed by atoms with Crippen LogP contribution in [0.15, 0.2) is 60.3 Å². The summed E-state index contributed by atoms with van der Waals surface area (Å²) in [7, 11) is 0. The predicted octanol–water partition coefficient (Wildman–Crippen LogP) is 0.859. The van der Waals surface area contributed by atoms with Crippen molar-refractivity contribution in [3.63, 3.8) is 0 Å². The molecule has 10 N–H and O–H groups in total. The van der Waals surface area contributed by atoms with Crippen LogP contribution in [0.2, 0.25) is 0 Å². The zero-order chi connectivity index (χ0) is 35.5. The summed E-state index contributed by atoms with van der Waals surface area (Å²) in [6.07, 6.45) is 0.559. The number of rotatable bonds is 5. The minimum Gasteiger partial charge on any atom is -0.459 e. The molecule has 270 valence electrons. The number of hydrogen-bond acceptors (Lipinski definition) is 12. The molecule has 0 saturated heterocycles. The van der Waals surface area contributed by atoms with Gasteiger partial charge in [0.1, 0.15) is 30.3 Å². The molecule has 12 nitrogen and oxygen atoms in total. The second kappa shape index (κ2) is 23.2. The van der Waals surface area contributed by atoms with E-state index in [2.05, 4.69) is 0 Å². The Hall–Kier alpha value is -2.23. The van der Waals surface area contributed by atoms with Gasteiger partial charge in [0.15, 0.2) is 0 Å². The molecule has 47 heavy (non-hydrogen) atoms. The Balaban J connectivity index is 3.19. The number of ether oxygens (including phenoxy) is 1. The summed E-state index contributed by atoms with van der Waals surface area (Å²) < 4.78 is 5.41. The van der Waals surface area contributed by atoms with E-state index in [-0.39, 0.29) is 32.1 Å². The summed E-state index contributed by atoms with van der Waals surface area (Å²) in [5.74, 6) is -2.37. The van der Waals surface area contributed by atoms with Gasteiger partial charge in [-0.15, -0.1) is 0 Å². The predicted molar refractivity (Wildman–Crippen MR) is 177 cm³/mol. The maximum absolute atomic E-state index is 13.1. The molecule has 0 aromatic rings. The molecule has 0 aliphatic carbocycles. The van der Waals surface area contributed by atoms with Crippen LogP contribution in [0.5, 0.6) is 0 Å². The molecule has 0 aromatic carbocycles. The van der Waals surface area contributed by atoms with Crippen LogP contribution in [-0.4, -0.2) is 124 Å². The smallest absolute Gasteiger partial charge is 0.314 e. The molecule has 0 spiro atoms. The van der Waals surface area contributed by atoms with Crippen molar-refractivity contribution in [3.8, 4) is 0 Å². The summed E-state index contributed by atoms with van der Waals surface area (Å²) in [4.78, 5) is 13.1. The third kappa shape index (κ3) is 17.1. The Morgan fingerprint density at radius 2 is 1.21 bits per heavy atom. The molecule has 12 atom stereocenters. The highest BCUT2D eigenvalue weighted by Gasteiger charge is 2.37. The first kappa shape index (κ1) is 42.8. The van der Waals surface area contributed by atoms with E-state index < -0.39 is 85.5 Å². The van der Waals surface area contributed by atoms with Crippen molar-refractivity contribution in [1.29, 1.82) is 0 Å². The van der Waals surface area contributed by atoms with E-state index in [1.807, 2.05) is 6.92 Å². The molecular weight excluding hydrogens is 612 g/mol. The maximum atomic E-state index is 13.1. The van der Waals surface area contributed by atoms with E-state index in [4.69, 9.17) is 4.74 Å². The Morgan fingerprint density at radius 1 is 0.723 bits per heavy atom. The molecule has 0 saturated carbocycles. The van der Waals surface area contributed by atoms with Gasteiger partial charge in [-0.1, -0.05) is 80.9 Å². The number of unbranched alkanes of at least 4 members (excludes halogenated alkanes) is 2. The van der Waals surface area contributed by atoms with Gasteiger partial charge in [0, 0.05) is 12.8 Å². The largest absolute Gasteiger partial charge is 0.459 e. The Morgan fingerprint density at radius 3 is 1.77 bits per heavy atom. The van der Waals surface area contributed by atoms with Crippen LogP contribution in [0.25, 0.3) is 0 Å². The van der Waals surface area contributed by atoms with Gasteiger partial charge >= 0.3 is 5.97 Å². The molecule has 1 aliphatic heterocycles. The number of esters is 1. The van der Waals surface area contributed by atoms with Gasteiger partial charge in [0.25, 0.3) is 0 Å². The molecule has 0 amide bonds. The van der Waals surface area contributed by atoms with Gasteiger partial charge in [-0.05, 0) is 45.1 Å². The number of carbonyl (C=O) groups excluding carboxylic acids is 1. The van der Waals surface area contributed by atoms with Crippen LogP contribution in [-0.2, 0) is 9.53 Å². The minimum atomic E-state index is -1.61. The van der Waals surface area contributed by atoms with Crippen molar-refractivity contribution >= 4 is 5.97 Å². The second-order valence-electron chi connectivity index (χ2n) is 12.5. The van der Waals surface area contributed by atoms with E-state index >= 15 is 0 Å². The Bertz CT molecular complexity index is 1020. The first-order valence-electron chi connectivity index (χ1n) is 16.5. The SMILES string of the molecule is CCCCC[C@H](O)[C@H]1C(=O)O[C@H](C)[C@@H](O)/C=C/C=C/C=C/C=C/C=C(\C)[C@@H](O)[C@H](O)[C@H](O)C[C@H](O)C[C@H](O)C[C@H](O)C[C@H](O)C[C@@H]1O. The summed E-state index contributed by atoms with van der Waals surface area (Å²) in [5.41, 5.74) is 0.357. The highest BCUT2D eigenvalue weighted by Crippen LogP contribution is 2.24. The first-order chi connectivity index (χ1) is 22.2. The van der Waals surface area contributed by atoms with Gasteiger partial charge in [-0.2, -0.15) is 0 Å². The van der Waals surface area contributed by atoms with Gasteiger partial charge < -0.3 is 55.8 Å². The summed E-state index contributed by atoms with van der Waals surface area (Å²) >= 11 is 0. The van der Waals surface area contributed by atoms with E-state index in [1.54, 1.807) is 55.5 Å². The van der Waals surface area contributed by atoms with Gasteiger partial charge in [-0.3, -0.25) is 4.79 Å². The normalized spacial score (nSPS) is 39.6. The van der Waals surface area contributed by atoms with Crippen LogP contribution in [0, 0.1) is 5.92 Å². The fourth-order valence-corrected chi connectivity index (χ4v) is 5.30. The minimum absolute atomic E-state index is 0.197. The topological polar surface area (TPSA) is 229 Å². The Labute approximate surface area is 278 Å². The molecular formula is C35H58O12. The number of aliphatic hydroxyl groups excluding tert-OH is 10. The lowest BCUT2D eigenvalue weighted by Gasteiger charge is -2.30. The lowest BCUT2D eigenvalue weighted by atomic mass is 9.87. The fourth-order valence-electron chi connectivity index (χ4n) is 5.30. The van der Waals surface area contributed by atoms with Crippen LogP contribution < -0.4 is 0 Å². The zero-order valence-corrected chi connectivity index (χ0v) is 27.8. The van der Waals surface area contributed by atoms with Crippen LogP contribution in [0.3, 0.4) is 0 Å². The van der Waals surface area contributed by atoms with Crippen molar-refractivity contribution in [2.45, 2.75) is 146 Å². The summed E-state index contributed by atoms with van der Waals surface area (Å²) in [6.45, 7) is 5.00. The number of cyclic esters (lactones) is 1. The van der Waals surface area contributed by atoms with Crippen molar-refractivity contribution < 1.29 is 60.6 Å². The molecule has 0 radical (unpaired) electrons. The fraction of sp³-hybridized carbons (Fsp3) is 0.686. The van der Waals surface area contributed by atoms with Gasteiger partial charge in [0.05, 0.1) is 42.7 Å². The summed E-state index contributed by atoms with van der Waals surface area (Å²) in [6, 6.07) is 0. The highest BCUT2D eigenvalue weighted by molar-refractivity contribution is 5.74. The quantitative estimate of drug-likeness (QED) is 0.145. The van der Waals surface area contributed by atoms with E-state index in [9.17, 15) is 55.9 Å². The Kier molecular flexibility index (Phi) is 21.1. The lowest BCUT2D eigenvalue weighted by Crippen LogP contribution is -2.43. The third-order valence-corrected chi connectivity index (χ3v) is 8.17. The van der Waals surface area contributed by atoms with Crippen molar-refractivity contribution in [3.05, 3.63) is 60.3 Å². The van der Waals surface area contributed by atoms with Crippen molar-refractivity contribution in [2.75, 3.05) is 0 Å². The maximum Gasteiger partial charge on any atom is 0.314 e. The second-order valence-corrected chi connectivity index (χ2v) is 12.5. The number of allylic oxidation sites excluding steroid dienone is 8. The molecule has 0 aromatic heterocycles. The van der Waals surface area contributed by atoms with Crippen molar-refractivity contribution in [2.24, 2.45) is 5.92 Å². The molecule has 1 aliphatic rings. The monoisotopic (exact) mass is 670 g/mol. The average Bonchev–Trinajstić information content (AvgIpc) is 2.98. The van der Waals surface area contributed by atoms with Crippen LogP contribution in [0.1, 0.15) is 78.6 Å². The molecule has 1 rings (SSSR count). The highest BCUT2D eigenvalue weighted by atomic mass is 16.6.